The van der Waals surface area contributed by atoms with Crippen molar-refractivity contribution in [2.45, 2.75) is 31.7 Å². The van der Waals surface area contributed by atoms with Crippen LogP contribution in [-0.2, 0) is 6.42 Å². The number of para-hydroxylation sites is 1. The van der Waals surface area contributed by atoms with E-state index in [9.17, 15) is 4.79 Å². The van der Waals surface area contributed by atoms with Crippen molar-refractivity contribution >= 4 is 22.5 Å². The standard InChI is InChI=1S/C28H28N4O/c33-28(20-11-13-21(14-12-20)31-17-6-1-7-18-31)32-19-15-23-22-8-2-3-9-24(22)30-26(23)27(32)25-10-4-5-16-29-25/h2-5,8-14,16,27,30H,1,6-7,15,17-19H2. The van der Waals surface area contributed by atoms with E-state index in [4.69, 9.17) is 0 Å². The van der Waals surface area contributed by atoms with Crippen LogP contribution in [0.4, 0.5) is 5.69 Å². The second-order valence-electron chi connectivity index (χ2n) is 9.06. The van der Waals surface area contributed by atoms with Gasteiger partial charge in [0, 0.05) is 53.7 Å². The average Bonchev–Trinajstić information content (AvgIpc) is 3.27. The van der Waals surface area contributed by atoms with Gasteiger partial charge >= 0.3 is 0 Å². The number of nitrogens with one attached hydrogen (secondary N) is 1. The predicted octanol–water partition coefficient (Wildman–Crippen LogP) is 5.34. The summed E-state index contributed by atoms with van der Waals surface area (Å²) in [6.07, 6.45) is 6.44. The summed E-state index contributed by atoms with van der Waals surface area (Å²) in [5.41, 5.74) is 6.33. The summed E-state index contributed by atoms with van der Waals surface area (Å²) in [7, 11) is 0. The number of rotatable bonds is 3. The number of hydrogen-bond acceptors (Lipinski definition) is 3. The van der Waals surface area contributed by atoms with Gasteiger partial charge in [0.15, 0.2) is 0 Å². The maximum atomic E-state index is 13.8. The first kappa shape index (κ1) is 20.0. The summed E-state index contributed by atoms with van der Waals surface area (Å²) < 4.78 is 0. The van der Waals surface area contributed by atoms with Crippen LogP contribution in [0.2, 0.25) is 0 Å². The predicted molar refractivity (Wildman–Crippen MR) is 132 cm³/mol. The summed E-state index contributed by atoms with van der Waals surface area (Å²) in [6, 6.07) is 22.3. The van der Waals surface area contributed by atoms with Crippen LogP contribution < -0.4 is 4.90 Å². The SMILES string of the molecule is O=C(c1ccc(N2CCCCC2)cc1)N1CCc2c([nH]c3ccccc23)C1c1ccccn1. The normalized spacial score (nSPS) is 18.4. The third-order valence-electron chi connectivity index (χ3n) is 7.10. The zero-order chi connectivity index (χ0) is 22.2. The van der Waals surface area contributed by atoms with Gasteiger partial charge in [-0.1, -0.05) is 24.3 Å². The van der Waals surface area contributed by atoms with Crippen molar-refractivity contribution in [2.75, 3.05) is 24.5 Å². The molecule has 0 bridgehead atoms. The second kappa shape index (κ2) is 8.39. The number of pyridine rings is 1. The Kier molecular flexibility index (Phi) is 5.10. The topological polar surface area (TPSA) is 52.2 Å². The molecule has 4 aromatic rings. The summed E-state index contributed by atoms with van der Waals surface area (Å²) >= 11 is 0. The molecule has 0 aliphatic carbocycles. The number of fused-ring (bicyclic) bond motifs is 3. The minimum Gasteiger partial charge on any atom is -0.372 e. The molecule has 2 aliphatic rings. The molecule has 0 saturated carbocycles. The number of nitrogens with zero attached hydrogens (tertiary/aromatic N) is 3. The number of aromatic nitrogens is 2. The highest BCUT2D eigenvalue weighted by Gasteiger charge is 2.35. The molecule has 1 atom stereocenters. The summed E-state index contributed by atoms with van der Waals surface area (Å²) in [5.74, 6) is 0.0557. The third kappa shape index (κ3) is 3.58. The van der Waals surface area contributed by atoms with E-state index in [1.54, 1.807) is 0 Å². The number of hydrogen-bond donors (Lipinski definition) is 1. The van der Waals surface area contributed by atoms with Crippen molar-refractivity contribution < 1.29 is 4.79 Å². The fourth-order valence-electron chi connectivity index (χ4n) is 5.44. The molecule has 1 fully saturated rings. The molecule has 2 aromatic carbocycles. The van der Waals surface area contributed by atoms with Gasteiger partial charge in [0.05, 0.1) is 5.69 Å². The fourth-order valence-corrected chi connectivity index (χ4v) is 5.44. The van der Waals surface area contributed by atoms with E-state index >= 15 is 0 Å². The van der Waals surface area contributed by atoms with Crippen LogP contribution in [0.25, 0.3) is 10.9 Å². The quantitative estimate of drug-likeness (QED) is 0.472. The number of aromatic amines is 1. The third-order valence-corrected chi connectivity index (χ3v) is 7.10. The molecule has 2 aliphatic heterocycles. The molecule has 166 valence electrons. The van der Waals surface area contributed by atoms with Gasteiger partial charge < -0.3 is 14.8 Å². The van der Waals surface area contributed by atoms with Gasteiger partial charge in [-0.25, -0.2) is 0 Å². The lowest BCUT2D eigenvalue weighted by atomic mass is 9.94. The van der Waals surface area contributed by atoms with Gasteiger partial charge in [-0.15, -0.1) is 0 Å². The first-order valence-corrected chi connectivity index (χ1v) is 12.0. The molecule has 4 heterocycles. The number of amides is 1. The van der Waals surface area contributed by atoms with Crippen LogP contribution in [-0.4, -0.2) is 40.4 Å². The van der Waals surface area contributed by atoms with Gasteiger partial charge in [-0.05, 0) is 73.7 Å². The number of anilines is 1. The molecule has 5 heteroatoms. The van der Waals surface area contributed by atoms with E-state index in [0.717, 1.165) is 42.0 Å². The smallest absolute Gasteiger partial charge is 0.254 e. The van der Waals surface area contributed by atoms with Crippen LogP contribution in [0.3, 0.4) is 0 Å². The molecule has 1 N–H and O–H groups in total. The number of piperidine rings is 1. The van der Waals surface area contributed by atoms with Crippen LogP contribution in [0.5, 0.6) is 0 Å². The molecule has 6 rings (SSSR count). The largest absolute Gasteiger partial charge is 0.372 e. The number of benzene rings is 2. The zero-order valence-electron chi connectivity index (χ0n) is 18.7. The lowest BCUT2D eigenvalue weighted by Crippen LogP contribution is -2.41. The molecular formula is C28H28N4O. The van der Waals surface area contributed by atoms with Crippen LogP contribution >= 0.6 is 0 Å². The molecule has 2 aromatic heterocycles. The van der Waals surface area contributed by atoms with Crippen molar-refractivity contribution in [3.05, 3.63) is 95.4 Å². The van der Waals surface area contributed by atoms with Crippen molar-refractivity contribution in [2.24, 2.45) is 0 Å². The second-order valence-corrected chi connectivity index (χ2v) is 9.06. The first-order chi connectivity index (χ1) is 16.3. The van der Waals surface area contributed by atoms with Crippen molar-refractivity contribution in [1.82, 2.24) is 14.9 Å². The van der Waals surface area contributed by atoms with Crippen LogP contribution in [0.15, 0.2) is 72.9 Å². The Morgan fingerprint density at radius 1 is 0.879 bits per heavy atom. The van der Waals surface area contributed by atoms with Crippen LogP contribution in [0, 0.1) is 0 Å². The monoisotopic (exact) mass is 436 g/mol. The van der Waals surface area contributed by atoms with E-state index in [0.29, 0.717) is 6.54 Å². The van der Waals surface area contributed by atoms with E-state index in [-0.39, 0.29) is 11.9 Å². The Labute approximate surface area is 194 Å². The maximum absolute atomic E-state index is 13.8. The molecule has 5 nitrogen and oxygen atoms in total. The molecule has 1 saturated heterocycles. The van der Waals surface area contributed by atoms with Gasteiger partial charge in [0.25, 0.3) is 5.91 Å². The molecule has 0 spiro atoms. The highest BCUT2D eigenvalue weighted by atomic mass is 16.2. The first-order valence-electron chi connectivity index (χ1n) is 12.0. The number of carbonyl (C=O) groups excluding carboxylic acids is 1. The zero-order valence-corrected chi connectivity index (χ0v) is 18.7. The average molecular weight is 437 g/mol. The number of H-pyrrole nitrogens is 1. The summed E-state index contributed by atoms with van der Waals surface area (Å²) in [4.78, 5) is 26.4. The minimum absolute atomic E-state index is 0.0557. The van der Waals surface area contributed by atoms with Gasteiger partial charge in [-0.3, -0.25) is 9.78 Å². The Hall–Kier alpha value is -3.60. The van der Waals surface area contributed by atoms with Crippen LogP contribution in [0.1, 0.15) is 52.6 Å². The lowest BCUT2D eigenvalue weighted by Gasteiger charge is -2.35. The minimum atomic E-state index is -0.225. The van der Waals surface area contributed by atoms with E-state index in [1.807, 2.05) is 47.5 Å². The molecular weight excluding hydrogens is 408 g/mol. The van der Waals surface area contributed by atoms with Crippen molar-refractivity contribution in [3.63, 3.8) is 0 Å². The molecule has 0 radical (unpaired) electrons. The summed E-state index contributed by atoms with van der Waals surface area (Å²) in [5, 5.41) is 1.24. The molecule has 33 heavy (non-hydrogen) atoms. The van der Waals surface area contributed by atoms with E-state index < -0.39 is 0 Å². The highest BCUT2D eigenvalue weighted by molar-refractivity contribution is 5.96. The van der Waals surface area contributed by atoms with E-state index in [2.05, 4.69) is 45.2 Å². The molecule has 1 unspecified atom stereocenters. The van der Waals surface area contributed by atoms with E-state index in [1.165, 1.54) is 35.9 Å². The Morgan fingerprint density at radius 3 is 2.45 bits per heavy atom. The fraction of sp³-hybridized carbons (Fsp3) is 0.286. The molecule has 1 amide bonds. The van der Waals surface area contributed by atoms with Gasteiger partial charge in [0.2, 0.25) is 0 Å². The highest BCUT2D eigenvalue weighted by Crippen LogP contribution is 2.38. The van der Waals surface area contributed by atoms with Crippen molar-refractivity contribution in [3.8, 4) is 0 Å². The van der Waals surface area contributed by atoms with Gasteiger partial charge in [-0.2, -0.15) is 0 Å². The lowest BCUT2D eigenvalue weighted by molar-refractivity contribution is 0.0688. The Balaban J connectivity index is 1.36. The van der Waals surface area contributed by atoms with Gasteiger partial charge in [0.1, 0.15) is 6.04 Å². The Bertz CT molecular complexity index is 1270. The van der Waals surface area contributed by atoms with Crippen molar-refractivity contribution in [1.29, 1.82) is 0 Å². The summed E-state index contributed by atoms with van der Waals surface area (Å²) in [6.45, 7) is 2.87. The maximum Gasteiger partial charge on any atom is 0.254 e. The Morgan fingerprint density at radius 2 is 1.67 bits per heavy atom. The number of carbonyl (C=O) groups is 1.